The molecule has 0 saturated carbocycles. The third-order valence-corrected chi connectivity index (χ3v) is 2.16. The summed E-state index contributed by atoms with van der Waals surface area (Å²) in [6.07, 6.45) is 2.29. The Morgan fingerprint density at radius 1 is 1.31 bits per heavy atom. The van der Waals surface area contributed by atoms with E-state index < -0.39 is 6.61 Å². The van der Waals surface area contributed by atoms with Gasteiger partial charge in [-0.1, -0.05) is 13.3 Å². The topological polar surface area (TPSA) is 26.3 Å². The summed E-state index contributed by atoms with van der Waals surface area (Å²) in [4.78, 5) is 11.5. The summed E-state index contributed by atoms with van der Waals surface area (Å²) in [7, 11) is 0. The fourth-order valence-corrected chi connectivity index (χ4v) is 1.30. The van der Waals surface area contributed by atoms with Crippen molar-refractivity contribution >= 4 is 5.78 Å². The zero-order valence-corrected chi connectivity index (χ0v) is 9.08. The number of unbranched alkanes of at least 4 members (excludes halogenated alkanes) is 1. The van der Waals surface area contributed by atoms with Crippen LogP contribution in [-0.2, 0) is 0 Å². The second kappa shape index (κ2) is 6.20. The smallest absolute Gasteiger partial charge is 0.387 e. The second-order valence-corrected chi connectivity index (χ2v) is 3.43. The molecule has 0 aliphatic heterocycles. The monoisotopic (exact) mass is 228 g/mol. The van der Waals surface area contributed by atoms with E-state index in [0.717, 1.165) is 12.8 Å². The number of ether oxygens (including phenoxy) is 1. The molecule has 0 bridgehead atoms. The Morgan fingerprint density at radius 2 is 1.94 bits per heavy atom. The molecule has 1 aromatic carbocycles. The van der Waals surface area contributed by atoms with Crippen molar-refractivity contribution in [1.29, 1.82) is 0 Å². The molecule has 1 aromatic rings. The second-order valence-electron chi connectivity index (χ2n) is 3.43. The summed E-state index contributed by atoms with van der Waals surface area (Å²) in [5.74, 6) is 0.104. The number of ketones is 1. The fraction of sp³-hybridized carbons (Fsp3) is 0.417. The average Bonchev–Trinajstić information content (AvgIpc) is 2.26. The van der Waals surface area contributed by atoms with Crippen LogP contribution in [0, 0.1) is 0 Å². The van der Waals surface area contributed by atoms with Crippen LogP contribution < -0.4 is 4.74 Å². The highest BCUT2D eigenvalue weighted by molar-refractivity contribution is 5.96. The fourth-order valence-electron chi connectivity index (χ4n) is 1.30. The lowest BCUT2D eigenvalue weighted by Crippen LogP contribution is -2.03. The Kier molecular flexibility index (Phi) is 4.89. The van der Waals surface area contributed by atoms with Crippen molar-refractivity contribution in [2.75, 3.05) is 0 Å². The molecular formula is C12H14F2O2. The molecule has 88 valence electrons. The number of benzene rings is 1. The molecule has 0 radical (unpaired) electrons. The number of rotatable bonds is 6. The molecule has 0 aromatic heterocycles. The number of alkyl halides is 2. The highest BCUT2D eigenvalue weighted by atomic mass is 19.3. The Hall–Kier alpha value is -1.45. The summed E-state index contributed by atoms with van der Waals surface area (Å²) >= 11 is 0. The Balaban J connectivity index is 2.60. The van der Waals surface area contributed by atoms with Crippen LogP contribution in [0.5, 0.6) is 5.75 Å². The van der Waals surface area contributed by atoms with Crippen LogP contribution in [0.25, 0.3) is 0 Å². The number of carbonyl (C=O) groups is 1. The van der Waals surface area contributed by atoms with Crippen molar-refractivity contribution in [1.82, 2.24) is 0 Å². The van der Waals surface area contributed by atoms with Crippen molar-refractivity contribution in [2.24, 2.45) is 0 Å². The Morgan fingerprint density at radius 3 is 2.44 bits per heavy atom. The summed E-state index contributed by atoms with van der Waals surface area (Å²) in [6.45, 7) is -0.825. The van der Waals surface area contributed by atoms with E-state index in [0.29, 0.717) is 12.0 Å². The van der Waals surface area contributed by atoms with Crippen molar-refractivity contribution in [2.45, 2.75) is 32.8 Å². The van der Waals surface area contributed by atoms with Gasteiger partial charge in [-0.25, -0.2) is 0 Å². The molecule has 0 spiro atoms. The maximum Gasteiger partial charge on any atom is 0.387 e. The third kappa shape index (κ3) is 3.96. The van der Waals surface area contributed by atoms with Gasteiger partial charge in [-0.2, -0.15) is 8.78 Å². The van der Waals surface area contributed by atoms with Crippen LogP contribution in [0.1, 0.15) is 36.5 Å². The van der Waals surface area contributed by atoms with E-state index in [-0.39, 0.29) is 11.5 Å². The van der Waals surface area contributed by atoms with Crippen LogP contribution >= 0.6 is 0 Å². The largest absolute Gasteiger partial charge is 0.435 e. The van der Waals surface area contributed by atoms with E-state index in [4.69, 9.17) is 0 Å². The van der Waals surface area contributed by atoms with Crippen LogP contribution in [0.3, 0.4) is 0 Å². The summed E-state index contributed by atoms with van der Waals surface area (Å²) < 4.78 is 27.9. The van der Waals surface area contributed by atoms with Gasteiger partial charge in [0.15, 0.2) is 5.78 Å². The Bertz CT molecular complexity index is 333. The number of Topliss-reactive ketones (excluding diaryl/α,β-unsaturated/α-hetero) is 1. The van der Waals surface area contributed by atoms with Gasteiger partial charge in [0.2, 0.25) is 0 Å². The lowest BCUT2D eigenvalue weighted by atomic mass is 10.1. The molecule has 0 saturated heterocycles. The summed E-state index contributed by atoms with van der Waals surface area (Å²) in [5, 5.41) is 0. The molecule has 0 atom stereocenters. The number of carbonyl (C=O) groups excluding carboxylic acids is 1. The van der Waals surface area contributed by atoms with Gasteiger partial charge in [0.1, 0.15) is 5.75 Å². The van der Waals surface area contributed by atoms with Crippen molar-refractivity contribution in [3.8, 4) is 5.75 Å². The van der Waals surface area contributed by atoms with Gasteiger partial charge in [-0.3, -0.25) is 4.79 Å². The first kappa shape index (κ1) is 12.6. The van der Waals surface area contributed by atoms with Gasteiger partial charge in [-0.15, -0.1) is 0 Å². The van der Waals surface area contributed by atoms with Crippen molar-refractivity contribution in [3.63, 3.8) is 0 Å². The number of hydrogen-bond donors (Lipinski definition) is 0. The third-order valence-electron chi connectivity index (χ3n) is 2.16. The first-order valence-corrected chi connectivity index (χ1v) is 5.21. The molecule has 0 amide bonds. The molecule has 0 aliphatic rings. The SMILES string of the molecule is CCCCC(=O)c1ccc(OC(F)F)cc1. The summed E-state index contributed by atoms with van der Waals surface area (Å²) in [5.41, 5.74) is 0.537. The van der Waals surface area contributed by atoms with E-state index in [2.05, 4.69) is 4.74 Å². The predicted octanol–water partition coefficient (Wildman–Crippen LogP) is 3.66. The molecule has 0 aliphatic carbocycles. The molecule has 2 nitrogen and oxygen atoms in total. The first-order chi connectivity index (χ1) is 7.63. The molecule has 0 unspecified atom stereocenters. The molecular weight excluding hydrogens is 214 g/mol. The van der Waals surface area contributed by atoms with E-state index in [9.17, 15) is 13.6 Å². The minimum absolute atomic E-state index is 0.0328. The quantitative estimate of drug-likeness (QED) is 0.694. The van der Waals surface area contributed by atoms with E-state index in [1.807, 2.05) is 6.92 Å². The maximum atomic E-state index is 11.9. The predicted molar refractivity (Wildman–Crippen MR) is 56.9 cm³/mol. The van der Waals surface area contributed by atoms with E-state index in [1.54, 1.807) is 0 Å². The standard InChI is InChI=1S/C12H14F2O2/c1-2-3-4-11(15)9-5-7-10(8-6-9)16-12(13)14/h5-8,12H,2-4H2,1H3. The van der Waals surface area contributed by atoms with Crippen molar-refractivity contribution in [3.05, 3.63) is 29.8 Å². The minimum Gasteiger partial charge on any atom is -0.435 e. The van der Waals surface area contributed by atoms with Gasteiger partial charge < -0.3 is 4.74 Å². The van der Waals surface area contributed by atoms with Crippen LogP contribution in [-0.4, -0.2) is 12.4 Å². The molecule has 0 N–H and O–H groups in total. The number of halogens is 2. The minimum atomic E-state index is -2.83. The van der Waals surface area contributed by atoms with Gasteiger partial charge in [0.05, 0.1) is 0 Å². The lowest BCUT2D eigenvalue weighted by Gasteiger charge is -2.05. The van der Waals surface area contributed by atoms with E-state index >= 15 is 0 Å². The highest BCUT2D eigenvalue weighted by Crippen LogP contribution is 2.16. The van der Waals surface area contributed by atoms with Crippen LogP contribution in [0.4, 0.5) is 8.78 Å². The lowest BCUT2D eigenvalue weighted by molar-refractivity contribution is -0.0498. The normalized spacial score (nSPS) is 10.5. The van der Waals surface area contributed by atoms with Crippen LogP contribution in [0.15, 0.2) is 24.3 Å². The molecule has 1 rings (SSSR count). The van der Waals surface area contributed by atoms with E-state index in [1.165, 1.54) is 24.3 Å². The maximum absolute atomic E-state index is 11.9. The first-order valence-electron chi connectivity index (χ1n) is 5.21. The summed E-state index contributed by atoms with van der Waals surface area (Å²) in [6, 6.07) is 5.78. The molecule has 0 heterocycles. The van der Waals surface area contributed by atoms with Gasteiger partial charge in [-0.05, 0) is 30.7 Å². The highest BCUT2D eigenvalue weighted by Gasteiger charge is 2.07. The van der Waals surface area contributed by atoms with Gasteiger partial charge in [0, 0.05) is 12.0 Å². The van der Waals surface area contributed by atoms with Gasteiger partial charge >= 0.3 is 6.61 Å². The van der Waals surface area contributed by atoms with Crippen LogP contribution in [0.2, 0.25) is 0 Å². The van der Waals surface area contributed by atoms with Crippen molar-refractivity contribution < 1.29 is 18.3 Å². The zero-order valence-electron chi connectivity index (χ0n) is 9.08. The zero-order chi connectivity index (χ0) is 12.0. The number of hydrogen-bond acceptors (Lipinski definition) is 2. The van der Waals surface area contributed by atoms with Gasteiger partial charge in [0.25, 0.3) is 0 Å². The molecule has 4 heteroatoms. The Labute approximate surface area is 93.2 Å². The molecule has 0 fully saturated rings. The average molecular weight is 228 g/mol. The molecule has 16 heavy (non-hydrogen) atoms.